The molecule has 0 heterocycles. The number of hydrogen-bond donors (Lipinski definition) is 2. The summed E-state index contributed by atoms with van der Waals surface area (Å²) in [4.78, 5) is 12.5. The minimum Gasteiger partial charge on any atom is -0.495 e. The third kappa shape index (κ3) is 4.91. The van der Waals surface area contributed by atoms with Crippen LogP contribution in [0.15, 0.2) is 65.6 Å². The number of para-hydroxylation sites is 1. The van der Waals surface area contributed by atoms with Crippen LogP contribution < -0.4 is 14.8 Å². The second kappa shape index (κ2) is 9.40. The first-order chi connectivity index (χ1) is 15.1. The largest absolute Gasteiger partial charge is 0.495 e. The average Bonchev–Trinajstić information content (AvgIpc) is 2.75. The van der Waals surface area contributed by atoms with Crippen molar-refractivity contribution < 1.29 is 22.3 Å². The van der Waals surface area contributed by atoms with Gasteiger partial charge in [-0.2, -0.15) is 0 Å². The van der Waals surface area contributed by atoms with E-state index >= 15 is 0 Å². The first-order valence-corrected chi connectivity index (χ1v) is 11.5. The fourth-order valence-electron chi connectivity index (χ4n) is 3.29. The number of carbonyl (C=O) groups excluding carboxylic acids is 1. The van der Waals surface area contributed by atoms with Crippen LogP contribution in [0.4, 0.5) is 15.8 Å². The van der Waals surface area contributed by atoms with Crippen LogP contribution in [0.2, 0.25) is 0 Å². The number of anilines is 2. The van der Waals surface area contributed by atoms with Gasteiger partial charge in [0.05, 0.1) is 28.9 Å². The van der Waals surface area contributed by atoms with Crippen molar-refractivity contribution in [2.75, 3.05) is 17.1 Å². The van der Waals surface area contributed by atoms with Gasteiger partial charge in [0.2, 0.25) is 0 Å². The molecule has 2 N–H and O–H groups in total. The Morgan fingerprint density at radius 2 is 1.75 bits per heavy atom. The molecule has 0 saturated carbocycles. The zero-order valence-electron chi connectivity index (χ0n) is 18.3. The van der Waals surface area contributed by atoms with Crippen molar-refractivity contribution in [1.82, 2.24) is 0 Å². The normalized spacial score (nSPS) is 11.3. The summed E-state index contributed by atoms with van der Waals surface area (Å²) in [5.74, 6) is -1.05. The molecule has 8 heteroatoms. The van der Waals surface area contributed by atoms with Gasteiger partial charge < -0.3 is 10.1 Å². The Hall–Kier alpha value is -3.39. The number of carbonyl (C=O) groups is 1. The highest BCUT2D eigenvalue weighted by atomic mass is 32.2. The van der Waals surface area contributed by atoms with Crippen LogP contribution in [0.1, 0.15) is 41.3 Å². The maximum absolute atomic E-state index is 14.0. The summed E-state index contributed by atoms with van der Waals surface area (Å²) in [5.41, 5.74) is 2.13. The van der Waals surface area contributed by atoms with Crippen molar-refractivity contribution in [2.45, 2.75) is 31.6 Å². The van der Waals surface area contributed by atoms with Crippen molar-refractivity contribution in [3.8, 4) is 5.75 Å². The SMILES string of the molecule is COc1ccc(S(=O)(=O)Nc2c(C)cccc2C(C)C)cc1NC(=O)c1ccccc1F. The molecule has 0 saturated heterocycles. The molecule has 0 aliphatic carbocycles. The molecule has 1 amide bonds. The zero-order chi connectivity index (χ0) is 23.5. The third-order valence-corrected chi connectivity index (χ3v) is 6.36. The molecule has 0 bridgehead atoms. The highest BCUT2D eigenvalue weighted by Crippen LogP contribution is 2.32. The molecule has 0 aliphatic rings. The molecule has 0 spiro atoms. The Labute approximate surface area is 187 Å². The molecule has 0 radical (unpaired) electrons. The lowest BCUT2D eigenvalue weighted by atomic mass is 9.99. The van der Waals surface area contributed by atoms with Crippen LogP contribution in [0, 0.1) is 12.7 Å². The second-order valence-corrected chi connectivity index (χ2v) is 9.28. The van der Waals surface area contributed by atoms with Gasteiger partial charge in [0.25, 0.3) is 15.9 Å². The molecule has 168 valence electrons. The van der Waals surface area contributed by atoms with Crippen LogP contribution in [-0.2, 0) is 10.0 Å². The Morgan fingerprint density at radius 3 is 2.41 bits per heavy atom. The van der Waals surface area contributed by atoms with E-state index in [1.807, 2.05) is 39.0 Å². The predicted octanol–water partition coefficient (Wildman–Crippen LogP) is 5.32. The Balaban J connectivity index is 1.97. The maximum atomic E-state index is 14.0. The minimum absolute atomic E-state index is 0.0694. The van der Waals surface area contributed by atoms with E-state index in [0.29, 0.717) is 5.69 Å². The molecule has 3 aromatic rings. The molecule has 3 aromatic carbocycles. The number of aryl methyl sites for hydroxylation is 1. The number of rotatable bonds is 7. The number of methoxy groups -OCH3 is 1. The van der Waals surface area contributed by atoms with Crippen LogP contribution >= 0.6 is 0 Å². The van der Waals surface area contributed by atoms with Gasteiger partial charge in [0.15, 0.2) is 0 Å². The smallest absolute Gasteiger partial charge is 0.261 e. The van der Waals surface area contributed by atoms with Crippen molar-refractivity contribution >= 4 is 27.3 Å². The summed E-state index contributed by atoms with van der Waals surface area (Å²) < 4.78 is 48.2. The molecule has 0 atom stereocenters. The highest BCUT2D eigenvalue weighted by Gasteiger charge is 2.21. The lowest BCUT2D eigenvalue weighted by Gasteiger charge is -2.18. The molecule has 32 heavy (non-hydrogen) atoms. The lowest BCUT2D eigenvalue weighted by Crippen LogP contribution is -2.17. The predicted molar refractivity (Wildman–Crippen MR) is 123 cm³/mol. The molecular weight excluding hydrogens is 431 g/mol. The van der Waals surface area contributed by atoms with Gasteiger partial charge >= 0.3 is 0 Å². The van der Waals surface area contributed by atoms with Crippen LogP contribution in [-0.4, -0.2) is 21.4 Å². The van der Waals surface area contributed by atoms with E-state index < -0.39 is 21.7 Å². The fourth-order valence-corrected chi connectivity index (χ4v) is 4.48. The summed E-state index contributed by atoms with van der Waals surface area (Å²) in [6, 6.07) is 15.2. The number of hydrogen-bond acceptors (Lipinski definition) is 4. The number of sulfonamides is 1. The van der Waals surface area contributed by atoms with Crippen LogP contribution in [0.25, 0.3) is 0 Å². The van der Waals surface area contributed by atoms with E-state index in [1.54, 1.807) is 0 Å². The van der Waals surface area contributed by atoms with E-state index in [0.717, 1.165) is 11.1 Å². The Kier molecular flexibility index (Phi) is 6.84. The molecular formula is C24H25FN2O4S. The molecule has 3 rings (SSSR count). The molecule has 0 aliphatic heterocycles. The van der Waals surface area contributed by atoms with Crippen molar-refractivity contribution in [1.29, 1.82) is 0 Å². The van der Waals surface area contributed by atoms with Gasteiger partial charge in [-0.1, -0.05) is 44.2 Å². The topological polar surface area (TPSA) is 84.5 Å². The number of nitrogens with one attached hydrogen (secondary N) is 2. The van der Waals surface area contributed by atoms with E-state index in [9.17, 15) is 17.6 Å². The van der Waals surface area contributed by atoms with E-state index in [-0.39, 0.29) is 27.8 Å². The fraction of sp³-hybridized carbons (Fsp3) is 0.208. The average molecular weight is 457 g/mol. The summed E-state index contributed by atoms with van der Waals surface area (Å²) in [6.07, 6.45) is 0. The van der Waals surface area contributed by atoms with Crippen molar-refractivity contribution in [3.63, 3.8) is 0 Å². The van der Waals surface area contributed by atoms with Crippen LogP contribution in [0.3, 0.4) is 0 Å². The summed E-state index contributed by atoms with van der Waals surface area (Å²) in [7, 11) is -2.59. The van der Waals surface area contributed by atoms with Crippen molar-refractivity contribution in [2.24, 2.45) is 0 Å². The van der Waals surface area contributed by atoms with E-state index in [4.69, 9.17) is 4.74 Å². The number of benzene rings is 3. The zero-order valence-corrected chi connectivity index (χ0v) is 19.1. The first-order valence-electron chi connectivity index (χ1n) is 10.00. The minimum atomic E-state index is -3.98. The number of halogens is 1. The molecule has 6 nitrogen and oxygen atoms in total. The molecule has 0 fully saturated rings. The summed E-state index contributed by atoms with van der Waals surface area (Å²) in [5, 5.41) is 2.54. The van der Waals surface area contributed by atoms with Gasteiger partial charge in [-0.25, -0.2) is 12.8 Å². The maximum Gasteiger partial charge on any atom is 0.261 e. The van der Waals surface area contributed by atoms with E-state index in [1.165, 1.54) is 49.6 Å². The number of ether oxygens (including phenoxy) is 1. The van der Waals surface area contributed by atoms with Gasteiger partial charge in [0.1, 0.15) is 11.6 Å². The summed E-state index contributed by atoms with van der Waals surface area (Å²) in [6.45, 7) is 5.80. The van der Waals surface area contributed by atoms with Gasteiger partial charge in [-0.3, -0.25) is 9.52 Å². The van der Waals surface area contributed by atoms with E-state index in [2.05, 4.69) is 10.0 Å². The molecule has 0 aromatic heterocycles. The van der Waals surface area contributed by atoms with Gasteiger partial charge in [0, 0.05) is 0 Å². The quantitative estimate of drug-likeness (QED) is 0.504. The lowest BCUT2D eigenvalue weighted by molar-refractivity contribution is 0.102. The van der Waals surface area contributed by atoms with Crippen molar-refractivity contribution in [3.05, 3.63) is 83.2 Å². The Morgan fingerprint density at radius 1 is 1.03 bits per heavy atom. The monoisotopic (exact) mass is 456 g/mol. The second-order valence-electron chi connectivity index (χ2n) is 7.60. The standard InChI is InChI=1S/C24H25FN2O4S/c1-15(2)18-10-7-8-16(3)23(18)27-32(29,30)17-12-13-22(31-4)21(14-17)26-24(28)19-9-5-6-11-20(19)25/h5-15,27H,1-4H3,(H,26,28). The number of amides is 1. The summed E-state index contributed by atoms with van der Waals surface area (Å²) >= 11 is 0. The van der Waals surface area contributed by atoms with Gasteiger partial charge in [-0.15, -0.1) is 0 Å². The first kappa shape index (κ1) is 23.3. The third-order valence-electron chi connectivity index (χ3n) is 5.01. The highest BCUT2D eigenvalue weighted by molar-refractivity contribution is 7.92. The molecule has 0 unspecified atom stereocenters. The Bertz CT molecular complexity index is 1260. The van der Waals surface area contributed by atoms with Crippen LogP contribution in [0.5, 0.6) is 5.75 Å². The van der Waals surface area contributed by atoms with Gasteiger partial charge in [-0.05, 0) is 54.3 Å².